The van der Waals surface area contributed by atoms with E-state index in [0.29, 0.717) is 33.4 Å². The van der Waals surface area contributed by atoms with Crippen LogP contribution in [-0.2, 0) is 14.0 Å². The summed E-state index contributed by atoms with van der Waals surface area (Å²) >= 11 is 13.4. The van der Waals surface area contributed by atoms with Crippen LogP contribution in [0.2, 0.25) is 28.2 Å². The minimum atomic E-state index is -2.15. The molecule has 1 aliphatic rings. The molecule has 1 unspecified atom stereocenters. The average molecular weight is 640 g/mol. The van der Waals surface area contributed by atoms with Crippen molar-refractivity contribution in [2.75, 3.05) is 13.1 Å². The molecule has 42 heavy (non-hydrogen) atoms. The van der Waals surface area contributed by atoms with E-state index >= 15 is 0 Å². The maximum atomic E-state index is 14.2. The summed E-state index contributed by atoms with van der Waals surface area (Å²) in [5, 5.41) is 12.6. The lowest BCUT2D eigenvalue weighted by Gasteiger charge is -2.39. The van der Waals surface area contributed by atoms with Crippen molar-refractivity contribution in [1.29, 1.82) is 5.41 Å². The third-order valence-electron chi connectivity index (χ3n) is 9.01. The number of carbonyl (C=O) groups excluding carboxylic acids is 2. The lowest BCUT2D eigenvalue weighted by atomic mass is 9.71. The summed E-state index contributed by atoms with van der Waals surface area (Å²) in [6, 6.07) is 2.95. The summed E-state index contributed by atoms with van der Waals surface area (Å²) in [5.41, 5.74) is 1.14. The molecule has 1 aromatic heterocycles. The maximum absolute atomic E-state index is 14.2. The number of ketones is 1. The Hall–Kier alpha value is -1.74. The Morgan fingerprint density at radius 3 is 2.10 bits per heavy atom. The summed E-state index contributed by atoms with van der Waals surface area (Å²) < 4.78 is 6.99. The Kier molecular flexibility index (Phi) is 13.3. The number of halogens is 2. The van der Waals surface area contributed by atoms with E-state index in [1.807, 2.05) is 13.8 Å². The van der Waals surface area contributed by atoms with Crippen LogP contribution in [-0.4, -0.2) is 55.2 Å². The highest BCUT2D eigenvalue weighted by Crippen LogP contribution is 2.39. The van der Waals surface area contributed by atoms with Crippen LogP contribution in [0.15, 0.2) is 23.7 Å². The minimum Gasteiger partial charge on any atom is -0.408 e. The van der Waals surface area contributed by atoms with Crippen LogP contribution in [0.4, 0.5) is 0 Å². The van der Waals surface area contributed by atoms with E-state index in [9.17, 15) is 9.59 Å². The van der Waals surface area contributed by atoms with Gasteiger partial charge in [-0.1, -0.05) is 71.7 Å². The van der Waals surface area contributed by atoms with E-state index < -0.39 is 14.4 Å². The van der Waals surface area contributed by atoms with E-state index in [1.165, 1.54) is 0 Å². The monoisotopic (exact) mass is 638 g/mol. The predicted molar refractivity (Wildman–Crippen MR) is 177 cm³/mol. The van der Waals surface area contributed by atoms with E-state index in [-0.39, 0.29) is 35.1 Å². The van der Waals surface area contributed by atoms with Crippen molar-refractivity contribution in [3.63, 3.8) is 0 Å². The van der Waals surface area contributed by atoms with Gasteiger partial charge in [0.25, 0.3) is 5.91 Å². The third-order valence-corrected chi connectivity index (χ3v) is 14.3. The molecule has 10 heteroatoms. The van der Waals surface area contributed by atoms with Crippen LogP contribution < -0.4 is 5.32 Å². The van der Waals surface area contributed by atoms with E-state index in [1.54, 1.807) is 24.2 Å². The number of rotatable bonds is 14. The number of pyridine rings is 1. The summed E-state index contributed by atoms with van der Waals surface area (Å²) in [4.78, 5) is 32.3. The molecule has 0 aromatic carbocycles. The lowest BCUT2D eigenvalue weighted by molar-refractivity contribution is -0.129. The molecule has 0 aliphatic heterocycles. The lowest BCUT2D eigenvalue weighted by Crippen LogP contribution is -2.46. The van der Waals surface area contributed by atoms with Crippen molar-refractivity contribution in [3.05, 3.63) is 39.3 Å². The first-order chi connectivity index (χ1) is 19.5. The Morgan fingerprint density at radius 1 is 1.14 bits per heavy atom. The summed E-state index contributed by atoms with van der Waals surface area (Å²) in [7, 11) is -2.15. The van der Waals surface area contributed by atoms with Gasteiger partial charge in [-0.25, -0.2) is 0 Å². The SMILES string of the molecule is CC[Si](CC)(CC)OC(CN(CC(C)(C)C)C(=O)/C(C=N)=C(\C)N[C@H]1CC[C@](C)(C(C)=O)CC1)c1c(Cl)cncc1Cl. The van der Waals surface area contributed by atoms with Crippen LogP contribution in [0.1, 0.15) is 99.7 Å². The van der Waals surface area contributed by atoms with Crippen molar-refractivity contribution < 1.29 is 14.0 Å². The number of hydrogen-bond acceptors (Lipinski definition) is 6. The molecule has 1 atom stereocenters. The van der Waals surface area contributed by atoms with Crippen LogP contribution in [0.5, 0.6) is 0 Å². The van der Waals surface area contributed by atoms with Gasteiger partial charge in [0.2, 0.25) is 0 Å². The molecular formula is C32H52Cl2N4O3Si. The molecule has 0 radical (unpaired) electrons. The molecule has 0 bridgehead atoms. The van der Waals surface area contributed by atoms with Gasteiger partial charge in [-0.2, -0.15) is 0 Å². The van der Waals surface area contributed by atoms with Gasteiger partial charge < -0.3 is 20.1 Å². The zero-order valence-corrected chi connectivity index (χ0v) is 29.6. The summed E-state index contributed by atoms with van der Waals surface area (Å²) in [6.07, 6.45) is 7.04. The molecule has 1 heterocycles. The molecule has 2 N–H and O–H groups in total. The highest BCUT2D eigenvalue weighted by molar-refractivity contribution is 6.73. The number of Topliss-reactive ketones (excluding diaryl/α,β-unsaturated/α-hetero) is 1. The van der Waals surface area contributed by atoms with Crippen molar-refractivity contribution in [3.8, 4) is 0 Å². The molecule has 1 saturated carbocycles. The largest absolute Gasteiger partial charge is 0.408 e. The highest BCUT2D eigenvalue weighted by atomic mass is 35.5. The van der Waals surface area contributed by atoms with Crippen molar-refractivity contribution >= 4 is 49.4 Å². The Labute approximate surface area is 264 Å². The zero-order chi connectivity index (χ0) is 31.9. The van der Waals surface area contributed by atoms with Gasteiger partial charge in [0, 0.05) is 47.9 Å². The number of carbonyl (C=O) groups is 2. The van der Waals surface area contributed by atoms with Crippen LogP contribution in [0, 0.1) is 16.2 Å². The van der Waals surface area contributed by atoms with Gasteiger partial charge in [-0.05, 0) is 63.1 Å². The molecule has 1 aromatic rings. The third kappa shape index (κ3) is 9.38. The number of hydrogen-bond donors (Lipinski definition) is 2. The topological polar surface area (TPSA) is 95.4 Å². The first kappa shape index (κ1) is 36.4. The normalized spacial score (nSPS) is 20.9. The molecule has 1 amide bonds. The van der Waals surface area contributed by atoms with Crippen LogP contribution in [0.3, 0.4) is 0 Å². The molecule has 7 nitrogen and oxygen atoms in total. The number of nitrogens with zero attached hydrogens (tertiary/aromatic N) is 2. The van der Waals surface area contributed by atoms with Crippen molar-refractivity contribution in [2.45, 2.75) is 118 Å². The van der Waals surface area contributed by atoms with Gasteiger partial charge in [-0.3, -0.25) is 14.6 Å². The van der Waals surface area contributed by atoms with Gasteiger partial charge in [0.1, 0.15) is 5.78 Å². The quantitative estimate of drug-likeness (QED) is 0.121. The second-order valence-corrected chi connectivity index (χ2v) is 18.9. The van der Waals surface area contributed by atoms with E-state index in [4.69, 9.17) is 33.0 Å². The van der Waals surface area contributed by atoms with Gasteiger partial charge >= 0.3 is 0 Å². The minimum absolute atomic E-state index is 0.145. The van der Waals surface area contributed by atoms with Gasteiger partial charge in [-0.15, -0.1) is 0 Å². The standard InChI is InChI=1S/C32H52Cl2N4O3Si/c1-10-42(11-2,12-3)41-28(29-26(33)18-36-19-27(29)34)20-38(21-31(6,7)8)30(40)25(17-35)22(4)37-24-13-15-32(9,16-14-24)23(5)39/h17-19,24,28,35,37H,10-16,20-21H2,1-9H3/b25-22+,35-17?/t24-,28?,32-. The molecular weight excluding hydrogens is 587 g/mol. The Balaban J connectivity index is 2.48. The molecule has 2 rings (SSSR count). The van der Waals surface area contributed by atoms with Crippen LogP contribution >= 0.6 is 23.2 Å². The predicted octanol–water partition coefficient (Wildman–Crippen LogP) is 8.38. The summed E-state index contributed by atoms with van der Waals surface area (Å²) in [5.74, 6) is -0.00478. The van der Waals surface area contributed by atoms with Gasteiger partial charge in [0.15, 0.2) is 8.32 Å². The van der Waals surface area contributed by atoms with Crippen molar-refractivity contribution in [1.82, 2.24) is 15.2 Å². The highest BCUT2D eigenvalue weighted by Gasteiger charge is 2.38. The smallest absolute Gasteiger partial charge is 0.257 e. The first-order valence-corrected chi connectivity index (χ1v) is 18.6. The average Bonchev–Trinajstić information content (AvgIpc) is 2.92. The maximum Gasteiger partial charge on any atom is 0.257 e. The number of nitrogens with one attached hydrogen (secondary N) is 2. The number of aromatic nitrogens is 1. The fraction of sp³-hybridized carbons (Fsp3) is 0.688. The number of amides is 1. The Morgan fingerprint density at radius 2 is 1.67 bits per heavy atom. The molecule has 0 spiro atoms. The Bertz CT molecular complexity index is 1110. The fourth-order valence-corrected chi connectivity index (χ4v) is 9.25. The number of allylic oxidation sites excluding steroid dienone is 1. The molecule has 236 valence electrons. The molecule has 0 saturated heterocycles. The fourth-order valence-electron chi connectivity index (χ4n) is 5.85. The van der Waals surface area contributed by atoms with E-state index in [0.717, 1.165) is 50.0 Å². The van der Waals surface area contributed by atoms with E-state index in [2.05, 4.69) is 51.8 Å². The first-order valence-electron chi connectivity index (χ1n) is 15.3. The van der Waals surface area contributed by atoms with Gasteiger partial charge in [0.05, 0.1) is 28.3 Å². The second kappa shape index (κ2) is 15.3. The summed E-state index contributed by atoms with van der Waals surface area (Å²) in [6.45, 7) is 19.0. The van der Waals surface area contributed by atoms with Crippen LogP contribution in [0.25, 0.3) is 0 Å². The molecule has 1 fully saturated rings. The second-order valence-electron chi connectivity index (χ2n) is 13.3. The molecule has 1 aliphatic carbocycles. The zero-order valence-electron chi connectivity index (χ0n) is 27.1. The van der Waals surface area contributed by atoms with Crippen molar-refractivity contribution in [2.24, 2.45) is 10.8 Å².